The molecule has 0 atom stereocenters. The van der Waals surface area contributed by atoms with E-state index in [1.807, 2.05) is 24.3 Å². The van der Waals surface area contributed by atoms with E-state index in [4.69, 9.17) is 4.74 Å². The van der Waals surface area contributed by atoms with Crippen molar-refractivity contribution < 1.29 is 23.6 Å². The topological polar surface area (TPSA) is 9.23 Å². The average molecular weight is 178 g/mol. The zero-order valence-electron chi connectivity index (χ0n) is 8.58. The van der Waals surface area contributed by atoms with E-state index < -0.39 is 0 Å². The van der Waals surface area contributed by atoms with Gasteiger partial charge in [0, 0.05) is 0 Å². The molecule has 2 rings (SSSR count). The van der Waals surface area contributed by atoms with Gasteiger partial charge in [-0.2, -0.15) is 29.9 Å². The molecule has 0 amide bonds. The summed E-state index contributed by atoms with van der Waals surface area (Å²) >= 11 is 0. The maximum absolute atomic E-state index is 5.28. The second kappa shape index (κ2) is 5.10. The van der Waals surface area contributed by atoms with Crippen LogP contribution in [0.1, 0.15) is 6.42 Å². The van der Waals surface area contributed by atoms with Gasteiger partial charge in [0.05, 0.1) is 7.11 Å². The molecule has 66 valence electrons. The first-order valence-corrected chi connectivity index (χ1v) is 4.31. The average Bonchev–Trinajstić information content (AvgIpc) is 2.49. The molecule has 2 aliphatic carbocycles. The molecule has 2 aliphatic rings. The fourth-order valence-corrected chi connectivity index (χ4v) is 1.47. The van der Waals surface area contributed by atoms with Gasteiger partial charge in [0.1, 0.15) is 5.76 Å². The molecule has 1 nitrogen and oxygen atoms in total. The molecule has 0 aromatic heterocycles. The molecule has 0 N–H and O–H groups in total. The van der Waals surface area contributed by atoms with Gasteiger partial charge in [-0.05, 0) is 18.1 Å². The molecule has 2 bridgehead atoms. The van der Waals surface area contributed by atoms with Gasteiger partial charge < -0.3 is 4.74 Å². The molecule has 0 aromatic rings. The van der Waals surface area contributed by atoms with E-state index in [0.29, 0.717) is 0 Å². The predicted octanol–water partition coefficient (Wildman–Crippen LogP) is -0.294. The van der Waals surface area contributed by atoms with Crippen LogP contribution in [0, 0.1) is 6.08 Å². The summed E-state index contributed by atoms with van der Waals surface area (Å²) in [7, 11) is 1.70. The number of rotatable bonds is 1. The molecule has 0 aliphatic heterocycles. The van der Waals surface area contributed by atoms with Crippen molar-refractivity contribution in [3.8, 4) is 0 Å². The molecular formula is C12H11LiO. The van der Waals surface area contributed by atoms with E-state index in [-0.39, 0.29) is 18.9 Å². The van der Waals surface area contributed by atoms with Crippen LogP contribution in [0.5, 0.6) is 0 Å². The third-order valence-electron chi connectivity index (χ3n) is 2.12. The summed E-state index contributed by atoms with van der Waals surface area (Å²) < 4.78 is 5.28. The van der Waals surface area contributed by atoms with Crippen LogP contribution in [-0.4, -0.2) is 7.11 Å². The van der Waals surface area contributed by atoms with Gasteiger partial charge in [-0.1, -0.05) is 0 Å². The van der Waals surface area contributed by atoms with Crippen molar-refractivity contribution in [1.29, 1.82) is 0 Å². The van der Waals surface area contributed by atoms with Gasteiger partial charge >= 0.3 is 18.9 Å². The maximum atomic E-state index is 5.28. The Hall–Kier alpha value is -0.903. The van der Waals surface area contributed by atoms with Crippen molar-refractivity contribution in [3.05, 3.63) is 59.4 Å². The fraction of sp³-hybridized carbons (Fsp3) is 0.167. The SMILES string of the molecule is COC1=CC=CC2=[C-]C=CC=C1C2.[Li+]. The number of fused-ring (bicyclic) bond motifs is 2. The molecule has 0 saturated carbocycles. The Bertz CT molecular complexity index is 357. The van der Waals surface area contributed by atoms with Crippen LogP contribution in [-0.2, 0) is 4.74 Å². The van der Waals surface area contributed by atoms with E-state index >= 15 is 0 Å². The van der Waals surface area contributed by atoms with Gasteiger partial charge in [-0.3, -0.25) is 0 Å². The Kier molecular flexibility index (Phi) is 4.07. The Morgan fingerprint density at radius 2 is 2.14 bits per heavy atom. The molecule has 0 aromatic carbocycles. The summed E-state index contributed by atoms with van der Waals surface area (Å²) in [5.41, 5.74) is 2.41. The largest absolute Gasteiger partial charge is 1.00 e. The molecule has 14 heavy (non-hydrogen) atoms. The minimum absolute atomic E-state index is 0. The van der Waals surface area contributed by atoms with Crippen LogP contribution < -0.4 is 18.9 Å². The second-order valence-corrected chi connectivity index (χ2v) is 2.99. The zero-order valence-corrected chi connectivity index (χ0v) is 8.58. The van der Waals surface area contributed by atoms with Gasteiger partial charge in [0.15, 0.2) is 0 Å². The van der Waals surface area contributed by atoms with E-state index in [0.717, 1.165) is 12.2 Å². The summed E-state index contributed by atoms with van der Waals surface area (Å²) in [6.45, 7) is 0. The van der Waals surface area contributed by atoms with Crippen LogP contribution in [0.25, 0.3) is 0 Å². The maximum Gasteiger partial charge on any atom is 1.00 e. The summed E-state index contributed by atoms with van der Waals surface area (Å²) in [5, 5.41) is 0. The summed E-state index contributed by atoms with van der Waals surface area (Å²) in [6, 6.07) is 0. The van der Waals surface area contributed by atoms with Crippen LogP contribution >= 0.6 is 0 Å². The molecule has 0 radical (unpaired) electrons. The Labute approximate surface area is 96.7 Å². The molecule has 2 heteroatoms. The molecule has 0 saturated heterocycles. The third kappa shape index (κ3) is 2.32. The van der Waals surface area contributed by atoms with E-state index in [9.17, 15) is 0 Å². The summed E-state index contributed by atoms with van der Waals surface area (Å²) in [6.07, 6.45) is 16.2. The first kappa shape index (κ1) is 11.2. The van der Waals surface area contributed by atoms with E-state index in [1.165, 1.54) is 11.1 Å². The number of hydrogen-bond acceptors (Lipinski definition) is 1. The van der Waals surface area contributed by atoms with Crippen molar-refractivity contribution >= 4 is 0 Å². The summed E-state index contributed by atoms with van der Waals surface area (Å²) in [4.78, 5) is 0. The monoisotopic (exact) mass is 178 g/mol. The molecular weight excluding hydrogens is 167 g/mol. The van der Waals surface area contributed by atoms with E-state index in [2.05, 4.69) is 18.2 Å². The Morgan fingerprint density at radius 1 is 1.29 bits per heavy atom. The number of ether oxygens (including phenoxy) is 1. The van der Waals surface area contributed by atoms with Crippen molar-refractivity contribution in [2.24, 2.45) is 0 Å². The third-order valence-corrected chi connectivity index (χ3v) is 2.12. The van der Waals surface area contributed by atoms with Gasteiger partial charge in [-0.25, -0.2) is 0 Å². The predicted molar refractivity (Wildman–Crippen MR) is 52.8 cm³/mol. The normalized spacial score (nSPS) is 18.2. The van der Waals surface area contributed by atoms with Crippen molar-refractivity contribution in [3.63, 3.8) is 0 Å². The van der Waals surface area contributed by atoms with Gasteiger partial charge in [-0.15, -0.1) is 12.2 Å². The van der Waals surface area contributed by atoms with Crippen LogP contribution in [0.15, 0.2) is 53.4 Å². The van der Waals surface area contributed by atoms with Crippen LogP contribution in [0.3, 0.4) is 0 Å². The van der Waals surface area contributed by atoms with Gasteiger partial charge in [0.25, 0.3) is 0 Å². The van der Waals surface area contributed by atoms with Crippen LogP contribution in [0.4, 0.5) is 0 Å². The first-order valence-electron chi connectivity index (χ1n) is 4.31. The van der Waals surface area contributed by atoms with Crippen molar-refractivity contribution in [1.82, 2.24) is 0 Å². The molecule has 0 spiro atoms. The quantitative estimate of drug-likeness (QED) is 0.396. The van der Waals surface area contributed by atoms with E-state index in [1.54, 1.807) is 7.11 Å². The van der Waals surface area contributed by atoms with Crippen LogP contribution in [0.2, 0.25) is 0 Å². The van der Waals surface area contributed by atoms with Crippen molar-refractivity contribution in [2.45, 2.75) is 6.42 Å². The summed E-state index contributed by atoms with van der Waals surface area (Å²) in [5.74, 6) is 0.944. The smallest absolute Gasteiger partial charge is 0.497 e. The first-order chi connectivity index (χ1) is 6.40. The van der Waals surface area contributed by atoms with Crippen molar-refractivity contribution in [2.75, 3.05) is 7.11 Å². The number of allylic oxidation sites excluding steroid dienone is 9. The molecule has 0 unspecified atom stereocenters. The number of hydrogen-bond donors (Lipinski definition) is 0. The second-order valence-electron chi connectivity index (χ2n) is 2.99. The fourth-order valence-electron chi connectivity index (χ4n) is 1.47. The minimum Gasteiger partial charge on any atom is -0.497 e. The molecule has 0 heterocycles. The Morgan fingerprint density at radius 3 is 2.93 bits per heavy atom. The molecule has 0 fully saturated rings. The number of methoxy groups -OCH3 is 1. The van der Waals surface area contributed by atoms with Gasteiger partial charge in [0.2, 0.25) is 0 Å². The Balaban J connectivity index is 0.000000980. The zero-order chi connectivity index (χ0) is 9.10. The minimum atomic E-state index is 0. The standard InChI is InChI=1S/C12H11O.Li/c1-13-12-8-4-6-10-5-2-3-7-11(12)9-10;/h2-4,6-8H,9H2,1H3;/q-1;+1.